The monoisotopic (exact) mass is 379 g/mol. The first kappa shape index (κ1) is 14.7. The Kier molecular flexibility index (Phi) is 6.94. The summed E-state index contributed by atoms with van der Waals surface area (Å²) < 4.78 is 5.58. The van der Waals surface area contributed by atoms with E-state index < -0.39 is 0 Å². The summed E-state index contributed by atoms with van der Waals surface area (Å²) in [6, 6.07) is 3.97. The Morgan fingerprint density at radius 3 is 2.27 bits per heavy atom. The van der Waals surface area contributed by atoms with Crippen LogP contribution in [0.3, 0.4) is 0 Å². The van der Waals surface area contributed by atoms with E-state index in [1.165, 1.54) is 0 Å². The second-order valence-corrected chi connectivity index (χ2v) is 3.52. The number of unbranched alkanes of at least 4 members (excludes halogenated alkanes) is 1. The molecular weight excluding hydrogens is 361 g/mol. The van der Waals surface area contributed by atoms with E-state index in [0.29, 0.717) is 0 Å². The van der Waals surface area contributed by atoms with E-state index in [1.807, 2.05) is 32.9 Å². The number of ether oxygens (including phenoxy) is 1. The molecule has 0 spiro atoms. The van der Waals surface area contributed by atoms with Gasteiger partial charge in [-0.25, -0.2) is 0 Å². The second kappa shape index (κ2) is 7.07. The van der Waals surface area contributed by atoms with Crippen LogP contribution in [0.1, 0.15) is 24.5 Å². The van der Waals surface area contributed by atoms with Gasteiger partial charge in [0.25, 0.3) is 0 Å². The zero-order chi connectivity index (χ0) is 10.6. The van der Waals surface area contributed by atoms with E-state index in [0.717, 1.165) is 35.4 Å². The molecule has 0 N–H and O–H groups in total. The topological polar surface area (TPSA) is 9.23 Å². The molecule has 1 aromatic rings. The number of rotatable bonds is 4. The van der Waals surface area contributed by atoms with Gasteiger partial charge in [-0.1, -0.05) is 16.6 Å². The van der Waals surface area contributed by atoms with Crippen LogP contribution in [0.2, 0.25) is 0 Å². The molecule has 0 aliphatic carbocycles. The predicted octanol–water partition coefficient (Wildman–Crippen LogP) is 2.09. The van der Waals surface area contributed by atoms with E-state index in [1.54, 1.807) is 0 Å². The fraction of sp³-hybridized carbons (Fsp3) is 0.417. The molecular formula is C12H16BOOs. The first-order valence-electron chi connectivity index (χ1n) is 4.92. The molecule has 0 bridgehead atoms. The Morgan fingerprint density at radius 2 is 1.80 bits per heavy atom. The normalized spacial score (nSPS) is 9.53. The van der Waals surface area contributed by atoms with Gasteiger partial charge in [-0.3, -0.25) is 0 Å². The maximum Gasteiger partial charge on any atom is 1.00 e. The Hall–Kier alpha value is -0.279. The van der Waals surface area contributed by atoms with Gasteiger partial charge in [-0.05, 0) is 26.0 Å². The Labute approximate surface area is 107 Å². The number of aryl methyl sites for hydroxylation is 2. The van der Waals surface area contributed by atoms with E-state index in [2.05, 4.69) is 6.42 Å². The molecule has 0 amide bonds. The molecule has 0 fully saturated rings. The minimum atomic E-state index is 0. The van der Waals surface area contributed by atoms with E-state index in [9.17, 15) is 0 Å². The zero-order valence-corrected chi connectivity index (χ0v) is 12.0. The molecule has 81 valence electrons. The fourth-order valence-corrected chi connectivity index (χ4v) is 1.31. The molecule has 1 rings (SSSR count). The van der Waals surface area contributed by atoms with Gasteiger partial charge in [0, 0.05) is 0 Å². The summed E-state index contributed by atoms with van der Waals surface area (Å²) in [5, 5.41) is 0. The second-order valence-electron chi connectivity index (χ2n) is 3.52. The summed E-state index contributed by atoms with van der Waals surface area (Å²) in [7, 11) is 5.84. The van der Waals surface area contributed by atoms with E-state index >= 15 is 0 Å². The van der Waals surface area contributed by atoms with Gasteiger partial charge in [0.15, 0.2) is 0 Å². The van der Waals surface area contributed by atoms with Crippen molar-refractivity contribution in [2.75, 3.05) is 6.61 Å². The van der Waals surface area contributed by atoms with Crippen LogP contribution in [-0.4, -0.2) is 14.5 Å². The van der Waals surface area contributed by atoms with Crippen LogP contribution in [0.4, 0.5) is 0 Å². The summed E-state index contributed by atoms with van der Waals surface area (Å²) in [6.45, 7) is 6.77. The molecule has 0 atom stereocenters. The third-order valence-electron chi connectivity index (χ3n) is 2.24. The van der Waals surface area contributed by atoms with Crippen LogP contribution in [-0.2, 0) is 19.8 Å². The Morgan fingerprint density at radius 1 is 1.27 bits per heavy atom. The van der Waals surface area contributed by atoms with Gasteiger partial charge in [0.2, 0.25) is 0 Å². The first-order chi connectivity index (χ1) is 6.65. The summed E-state index contributed by atoms with van der Waals surface area (Å²) in [6.07, 6.45) is 3.07. The molecule has 0 saturated carbocycles. The van der Waals surface area contributed by atoms with Crippen LogP contribution in [0.15, 0.2) is 12.1 Å². The maximum atomic E-state index is 5.84. The molecule has 0 heterocycles. The molecule has 0 saturated heterocycles. The molecule has 15 heavy (non-hydrogen) atoms. The average molecular weight is 377 g/mol. The zero-order valence-electron chi connectivity index (χ0n) is 9.49. The third-order valence-corrected chi connectivity index (χ3v) is 2.24. The van der Waals surface area contributed by atoms with Crippen molar-refractivity contribution in [2.45, 2.75) is 27.2 Å². The fourth-order valence-electron chi connectivity index (χ4n) is 1.31. The Balaban J connectivity index is 0.00000196. The van der Waals surface area contributed by atoms with Crippen molar-refractivity contribution in [1.29, 1.82) is 0 Å². The van der Waals surface area contributed by atoms with Crippen LogP contribution in [0.25, 0.3) is 0 Å². The van der Waals surface area contributed by atoms with Crippen molar-refractivity contribution in [3.63, 3.8) is 0 Å². The standard InChI is InChI=1S/C12H16BO.Os/c1-4-5-6-14-11-7-9(2)12(13)10(3)8-11;/h4,7-8H,5-6H2,1-3H3;/q-1;+1. The van der Waals surface area contributed by atoms with E-state index in [-0.39, 0.29) is 19.8 Å². The third kappa shape index (κ3) is 4.39. The number of benzene rings is 1. The molecule has 0 unspecified atom stereocenters. The number of hydrogen-bond donors (Lipinski definition) is 0. The molecule has 0 aromatic heterocycles. The van der Waals surface area contributed by atoms with Crippen molar-refractivity contribution < 1.29 is 24.5 Å². The molecule has 3 heteroatoms. The predicted molar refractivity (Wildman–Crippen MR) is 61.4 cm³/mol. The van der Waals surface area contributed by atoms with Crippen molar-refractivity contribution in [2.24, 2.45) is 0 Å². The van der Waals surface area contributed by atoms with Gasteiger partial charge in [-0.2, -0.15) is 6.92 Å². The summed E-state index contributed by atoms with van der Waals surface area (Å²) in [5.41, 5.74) is 3.03. The van der Waals surface area contributed by atoms with Crippen molar-refractivity contribution in [3.05, 3.63) is 29.7 Å². The maximum absolute atomic E-state index is 5.84. The Bertz CT molecular complexity index is 289. The molecule has 0 aliphatic heterocycles. The van der Waals surface area contributed by atoms with Gasteiger partial charge >= 0.3 is 19.8 Å². The average Bonchev–Trinajstić information content (AvgIpc) is 2.14. The van der Waals surface area contributed by atoms with Crippen LogP contribution >= 0.6 is 0 Å². The molecule has 1 aromatic carbocycles. The van der Waals surface area contributed by atoms with Crippen molar-refractivity contribution in [1.82, 2.24) is 0 Å². The van der Waals surface area contributed by atoms with Gasteiger partial charge in [0.05, 0.1) is 6.61 Å². The van der Waals surface area contributed by atoms with Gasteiger partial charge < -0.3 is 11.2 Å². The first-order valence-corrected chi connectivity index (χ1v) is 4.92. The molecule has 0 aliphatic rings. The summed E-state index contributed by atoms with van der Waals surface area (Å²) in [5.74, 6) is 0.913. The minimum absolute atomic E-state index is 0. The number of hydrogen-bond acceptors (Lipinski definition) is 1. The molecule has 1 nitrogen and oxygen atoms in total. The van der Waals surface area contributed by atoms with Crippen molar-refractivity contribution in [3.8, 4) is 5.75 Å². The van der Waals surface area contributed by atoms with Gasteiger partial charge in [0.1, 0.15) is 13.6 Å². The SMILES string of the molecule is [B]c1c(C)cc(OCC[CH-]C)cc1C.[Os+]. The minimum Gasteiger partial charge on any atom is -0.496 e. The van der Waals surface area contributed by atoms with Crippen LogP contribution in [0, 0.1) is 20.3 Å². The quantitative estimate of drug-likeness (QED) is 0.444. The summed E-state index contributed by atoms with van der Waals surface area (Å²) in [4.78, 5) is 0. The van der Waals surface area contributed by atoms with E-state index in [4.69, 9.17) is 12.6 Å². The summed E-state index contributed by atoms with van der Waals surface area (Å²) >= 11 is 0. The van der Waals surface area contributed by atoms with Crippen LogP contribution in [0.5, 0.6) is 5.75 Å². The van der Waals surface area contributed by atoms with Crippen LogP contribution < -0.4 is 10.2 Å². The van der Waals surface area contributed by atoms with Crippen molar-refractivity contribution >= 4 is 13.3 Å². The largest absolute Gasteiger partial charge is 1.00 e. The van der Waals surface area contributed by atoms with Gasteiger partial charge in [-0.15, -0.1) is 6.42 Å². The molecule has 3 radical (unpaired) electrons. The smallest absolute Gasteiger partial charge is 0.496 e.